The van der Waals surface area contributed by atoms with Crippen molar-refractivity contribution in [2.75, 3.05) is 0 Å². The van der Waals surface area contributed by atoms with E-state index in [1.54, 1.807) is 6.07 Å². The molecule has 1 unspecified atom stereocenters. The van der Waals surface area contributed by atoms with E-state index in [0.717, 1.165) is 12.0 Å². The third-order valence-corrected chi connectivity index (χ3v) is 4.91. The highest BCUT2D eigenvalue weighted by Crippen LogP contribution is 2.29. The van der Waals surface area contributed by atoms with E-state index in [-0.39, 0.29) is 0 Å². The minimum absolute atomic E-state index is 0.330. The van der Waals surface area contributed by atoms with Gasteiger partial charge in [0.1, 0.15) is 5.75 Å². The summed E-state index contributed by atoms with van der Waals surface area (Å²) in [6.07, 6.45) is 10.2. The third-order valence-electron chi connectivity index (χ3n) is 4.91. The molecule has 1 N–H and O–H groups in total. The first-order valence-electron chi connectivity index (χ1n) is 9.57. The van der Waals surface area contributed by atoms with Crippen LogP contribution in [0.1, 0.15) is 75.0 Å². The van der Waals surface area contributed by atoms with E-state index in [1.165, 1.54) is 56.1 Å². The van der Waals surface area contributed by atoms with Crippen molar-refractivity contribution in [1.29, 1.82) is 0 Å². The summed E-state index contributed by atoms with van der Waals surface area (Å²) in [5, 5.41) is 10.1. The Kier molecular flexibility index (Phi) is 7.88. The van der Waals surface area contributed by atoms with Gasteiger partial charge in [0.25, 0.3) is 0 Å². The maximum atomic E-state index is 10.1. The summed E-state index contributed by atoms with van der Waals surface area (Å²) in [6.45, 7) is 4.47. The summed E-state index contributed by atoms with van der Waals surface area (Å²) >= 11 is 0. The molecule has 0 aliphatic rings. The van der Waals surface area contributed by atoms with Gasteiger partial charge in [-0.2, -0.15) is 0 Å². The first-order valence-corrected chi connectivity index (χ1v) is 9.57. The van der Waals surface area contributed by atoms with E-state index in [1.807, 2.05) is 18.2 Å². The molecule has 2 aromatic rings. The van der Waals surface area contributed by atoms with Crippen molar-refractivity contribution in [3.63, 3.8) is 0 Å². The number of phenolic OH excluding ortho intramolecular Hbond substituents is 1. The lowest BCUT2D eigenvalue weighted by molar-refractivity contribution is 0.462. The van der Waals surface area contributed by atoms with Crippen LogP contribution in [0.5, 0.6) is 5.75 Å². The second-order valence-electron chi connectivity index (χ2n) is 6.95. The van der Waals surface area contributed by atoms with Crippen LogP contribution in [-0.2, 0) is 12.8 Å². The van der Waals surface area contributed by atoms with Gasteiger partial charge in [-0.3, -0.25) is 0 Å². The van der Waals surface area contributed by atoms with Crippen LogP contribution in [0.25, 0.3) is 0 Å². The van der Waals surface area contributed by atoms with Gasteiger partial charge in [-0.25, -0.2) is 0 Å². The first kappa shape index (κ1) is 18.6. The van der Waals surface area contributed by atoms with E-state index in [4.69, 9.17) is 0 Å². The maximum absolute atomic E-state index is 10.1. The van der Waals surface area contributed by atoms with E-state index >= 15 is 0 Å². The normalized spacial score (nSPS) is 12.2. The lowest BCUT2D eigenvalue weighted by Gasteiger charge is -2.16. The van der Waals surface area contributed by atoms with Gasteiger partial charge < -0.3 is 5.11 Å². The topological polar surface area (TPSA) is 20.2 Å². The number of hydrogen-bond acceptors (Lipinski definition) is 1. The van der Waals surface area contributed by atoms with Crippen LogP contribution < -0.4 is 0 Å². The molecule has 0 aliphatic carbocycles. The Hall–Kier alpha value is -1.76. The van der Waals surface area contributed by atoms with Crippen molar-refractivity contribution in [2.45, 2.75) is 71.1 Å². The SMILES string of the molecule is CCCCCCCCc1ccccc1CC(C)c1ccccc1O. The van der Waals surface area contributed by atoms with Gasteiger partial charge in [0.15, 0.2) is 0 Å². The number of aryl methyl sites for hydroxylation is 1. The summed E-state index contributed by atoms with van der Waals surface area (Å²) in [5.74, 6) is 0.746. The predicted octanol–water partition coefficient (Wildman–Crippen LogP) is 6.64. The summed E-state index contributed by atoms with van der Waals surface area (Å²) in [6, 6.07) is 16.5. The molecule has 0 amide bonds. The van der Waals surface area contributed by atoms with E-state index in [2.05, 4.69) is 38.1 Å². The molecule has 0 fully saturated rings. The molecule has 2 aromatic carbocycles. The number of unbranched alkanes of at least 4 members (excludes halogenated alkanes) is 5. The predicted molar refractivity (Wildman–Crippen MR) is 104 cm³/mol. The Morgan fingerprint density at radius 1 is 0.792 bits per heavy atom. The van der Waals surface area contributed by atoms with E-state index < -0.39 is 0 Å². The maximum Gasteiger partial charge on any atom is 0.119 e. The number of para-hydroxylation sites is 1. The average Bonchev–Trinajstić information content (AvgIpc) is 2.59. The van der Waals surface area contributed by atoms with Gasteiger partial charge in [-0.05, 0) is 47.9 Å². The smallest absolute Gasteiger partial charge is 0.119 e. The zero-order valence-corrected chi connectivity index (χ0v) is 15.3. The van der Waals surface area contributed by atoms with Crippen LogP contribution in [-0.4, -0.2) is 5.11 Å². The molecule has 0 aromatic heterocycles. The molecule has 1 heteroatoms. The van der Waals surface area contributed by atoms with Crippen molar-refractivity contribution in [3.8, 4) is 5.75 Å². The molecule has 24 heavy (non-hydrogen) atoms. The first-order chi connectivity index (χ1) is 11.7. The molecule has 0 saturated carbocycles. The van der Waals surface area contributed by atoms with Crippen molar-refractivity contribution in [2.24, 2.45) is 0 Å². The van der Waals surface area contributed by atoms with Crippen LogP contribution in [0.4, 0.5) is 0 Å². The summed E-state index contributed by atoms with van der Waals surface area (Å²) in [5.41, 5.74) is 3.96. The van der Waals surface area contributed by atoms with Crippen LogP contribution in [0.3, 0.4) is 0 Å². The second kappa shape index (κ2) is 10.2. The fraction of sp³-hybridized carbons (Fsp3) is 0.478. The highest BCUT2D eigenvalue weighted by atomic mass is 16.3. The molecule has 0 spiro atoms. The van der Waals surface area contributed by atoms with Crippen molar-refractivity contribution in [1.82, 2.24) is 0 Å². The standard InChI is InChI=1S/C23H32O/c1-3-4-5-6-7-8-13-20-14-9-10-15-21(20)18-19(2)22-16-11-12-17-23(22)24/h9-12,14-17,19,24H,3-8,13,18H2,1-2H3. The van der Waals surface area contributed by atoms with Gasteiger partial charge in [0.2, 0.25) is 0 Å². The van der Waals surface area contributed by atoms with Gasteiger partial charge in [-0.1, -0.05) is 88.4 Å². The molecule has 1 atom stereocenters. The van der Waals surface area contributed by atoms with Crippen LogP contribution >= 0.6 is 0 Å². The Balaban J connectivity index is 1.92. The number of aromatic hydroxyl groups is 1. The van der Waals surface area contributed by atoms with Crippen molar-refractivity contribution >= 4 is 0 Å². The second-order valence-corrected chi connectivity index (χ2v) is 6.95. The molecule has 130 valence electrons. The summed E-state index contributed by atoms with van der Waals surface area (Å²) in [4.78, 5) is 0. The van der Waals surface area contributed by atoms with Gasteiger partial charge in [-0.15, -0.1) is 0 Å². The van der Waals surface area contributed by atoms with E-state index in [0.29, 0.717) is 11.7 Å². The molecular weight excluding hydrogens is 292 g/mol. The Bertz CT molecular complexity index is 602. The zero-order valence-electron chi connectivity index (χ0n) is 15.3. The lowest BCUT2D eigenvalue weighted by Crippen LogP contribution is -2.02. The number of phenols is 1. The largest absolute Gasteiger partial charge is 0.508 e. The minimum Gasteiger partial charge on any atom is -0.508 e. The van der Waals surface area contributed by atoms with Crippen LogP contribution in [0, 0.1) is 0 Å². The monoisotopic (exact) mass is 324 g/mol. The van der Waals surface area contributed by atoms with Gasteiger partial charge >= 0.3 is 0 Å². The molecule has 2 rings (SSSR count). The van der Waals surface area contributed by atoms with Crippen LogP contribution in [0.2, 0.25) is 0 Å². The Morgan fingerprint density at radius 2 is 1.42 bits per heavy atom. The number of benzene rings is 2. The highest BCUT2D eigenvalue weighted by molar-refractivity contribution is 5.37. The average molecular weight is 325 g/mol. The zero-order chi connectivity index (χ0) is 17.2. The molecule has 0 aliphatic heterocycles. The molecule has 0 bridgehead atoms. The molecule has 0 radical (unpaired) electrons. The fourth-order valence-corrected chi connectivity index (χ4v) is 3.44. The van der Waals surface area contributed by atoms with E-state index in [9.17, 15) is 5.11 Å². The van der Waals surface area contributed by atoms with Gasteiger partial charge in [0, 0.05) is 0 Å². The Morgan fingerprint density at radius 3 is 2.17 bits per heavy atom. The Labute approximate surface area is 147 Å². The van der Waals surface area contributed by atoms with Crippen molar-refractivity contribution in [3.05, 3.63) is 65.2 Å². The lowest BCUT2D eigenvalue weighted by atomic mass is 9.89. The molecule has 0 saturated heterocycles. The van der Waals surface area contributed by atoms with Crippen molar-refractivity contribution < 1.29 is 5.11 Å². The minimum atomic E-state index is 0.330. The molecule has 0 heterocycles. The molecule has 1 nitrogen and oxygen atoms in total. The number of hydrogen-bond donors (Lipinski definition) is 1. The molecular formula is C23H32O. The summed E-state index contributed by atoms with van der Waals surface area (Å²) in [7, 11) is 0. The highest BCUT2D eigenvalue weighted by Gasteiger charge is 2.12. The summed E-state index contributed by atoms with van der Waals surface area (Å²) < 4.78 is 0. The van der Waals surface area contributed by atoms with Gasteiger partial charge in [0.05, 0.1) is 0 Å². The fourth-order valence-electron chi connectivity index (χ4n) is 3.44. The number of rotatable bonds is 10. The quantitative estimate of drug-likeness (QED) is 0.486. The third kappa shape index (κ3) is 5.70. The van der Waals surface area contributed by atoms with Crippen LogP contribution in [0.15, 0.2) is 48.5 Å².